The summed E-state index contributed by atoms with van der Waals surface area (Å²) in [6.45, 7) is 9.03. The summed E-state index contributed by atoms with van der Waals surface area (Å²) in [4.78, 5) is 11.8. The largest absolute Gasteiger partial charge is 0.492 e. The maximum Gasteiger partial charge on any atom is 0.240 e. The summed E-state index contributed by atoms with van der Waals surface area (Å²) in [5, 5.41) is 3.98. The van der Waals surface area contributed by atoms with Crippen LogP contribution in [0.3, 0.4) is 0 Å². The number of hydrogen-bond acceptors (Lipinski definition) is 3. The van der Waals surface area contributed by atoms with Gasteiger partial charge in [-0.1, -0.05) is 56.7 Å². The Balaban J connectivity index is 1.72. The molecule has 1 N–H and O–H groups in total. The topological polar surface area (TPSA) is 50.7 Å². The highest BCUT2D eigenvalue weighted by atomic mass is 79.9. The van der Waals surface area contributed by atoms with Crippen LogP contribution in [0.4, 0.5) is 0 Å². The average Bonchev–Trinajstić information content (AvgIpc) is 2.60. The van der Waals surface area contributed by atoms with Gasteiger partial charge in [-0.05, 0) is 57.9 Å². The van der Waals surface area contributed by atoms with Gasteiger partial charge in [-0.15, -0.1) is 0 Å². The minimum absolute atomic E-state index is 0.0955. The van der Waals surface area contributed by atoms with Gasteiger partial charge in [0.2, 0.25) is 5.91 Å². The van der Waals surface area contributed by atoms with Crippen LogP contribution in [-0.2, 0) is 10.2 Å². The van der Waals surface area contributed by atoms with E-state index < -0.39 is 0 Å². The Morgan fingerprint density at radius 2 is 1.89 bits per heavy atom. The molecule has 27 heavy (non-hydrogen) atoms. The van der Waals surface area contributed by atoms with Crippen molar-refractivity contribution in [3.63, 3.8) is 0 Å². The fourth-order valence-corrected chi connectivity index (χ4v) is 2.88. The predicted octanol–water partition coefficient (Wildman–Crippen LogP) is 5.36. The molecule has 4 nitrogen and oxygen atoms in total. The zero-order valence-corrected chi connectivity index (χ0v) is 18.0. The number of nitrogens with zero attached hydrogens (tertiary/aromatic N) is 1. The van der Waals surface area contributed by atoms with Crippen LogP contribution < -0.4 is 10.2 Å². The Kier molecular flexibility index (Phi) is 7.60. The molecule has 2 aromatic carbocycles. The quantitative estimate of drug-likeness (QED) is 0.364. The summed E-state index contributed by atoms with van der Waals surface area (Å²) in [6.07, 6.45) is 2.63. The highest BCUT2D eigenvalue weighted by molar-refractivity contribution is 9.10. The molecule has 1 amide bonds. The second kappa shape index (κ2) is 9.70. The van der Waals surface area contributed by atoms with Crippen LogP contribution in [0.1, 0.15) is 50.3 Å². The van der Waals surface area contributed by atoms with E-state index in [-0.39, 0.29) is 11.3 Å². The molecule has 0 heterocycles. The molecule has 0 fully saturated rings. The van der Waals surface area contributed by atoms with Gasteiger partial charge in [0.1, 0.15) is 5.75 Å². The lowest BCUT2D eigenvalue weighted by Gasteiger charge is -2.20. The van der Waals surface area contributed by atoms with E-state index in [1.807, 2.05) is 37.3 Å². The molecule has 0 unspecified atom stereocenters. The van der Waals surface area contributed by atoms with Crippen molar-refractivity contribution in [2.24, 2.45) is 5.10 Å². The van der Waals surface area contributed by atoms with Crippen LogP contribution in [0.25, 0.3) is 0 Å². The number of hydrogen-bond donors (Lipinski definition) is 1. The Morgan fingerprint density at radius 1 is 1.19 bits per heavy atom. The van der Waals surface area contributed by atoms with Gasteiger partial charge < -0.3 is 4.74 Å². The number of amides is 1. The van der Waals surface area contributed by atoms with Gasteiger partial charge in [0.25, 0.3) is 0 Å². The van der Waals surface area contributed by atoms with Gasteiger partial charge >= 0.3 is 0 Å². The number of nitrogens with one attached hydrogen (secondary N) is 1. The van der Waals surface area contributed by atoms with Crippen molar-refractivity contribution in [2.75, 3.05) is 6.61 Å². The molecule has 0 aromatic heterocycles. The summed E-state index contributed by atoms with van der Waals surface area (Å²) in [6, 6.07) is 14.1. The average molecular weight is 431 g/mol. The third-order valence-electron chi connectivity index (χ3n) is 4.08. The highest BCUT2D eigenvalue weighted by Gasteiger charge is 2.15. The third kappa shape index (κ3) is 7.18. The van der Waals surface area contributed by atoms with E-state index in [9.17, 15) is 4.79 Å². The first kappa shape index (κ1) is 21.2. The molecule has 0 spiro atoms. The normalized spacial score (nSPS) is 11.6. The molecule has 0 saturated heterocycles. The first-order valence-corrected chi connectivity index (χ1v) is 9.86. The zero-order valence-electron chi connectivity index (χ0n) is 16.4. The van der Waals surface area contributed by atoms with Crippen molar-refractivity contribution in [3.8, 4) is 5.75 Å². The van der Waals surface area contributed by atoms with E-state index in [0.717, 1.165) is 15.8 Å². The van der Waals surface area contributed by atoms with Crippen molar-refractivity contribution in [2.45, 2.75) is 46.0 Å². The van der Waals surface area contributed by atoms with Crippen LogP contribution in [0, 0.1) is 6.92 Å². The molecule has 2 aromatic rings. The molecule has 0 saturated carbocycles. The van der Waals surface area contributed by atoms with Crippen LogP contribution in [0.2, 0.25) is 0 Å². The SMILES string of the molecule is Cc1ccc(/C=N/NC(=O)CCCOc2ccc(C(C)(C)C)cc2Br)cc1. The molecule has 0 atom stereocenters. The fourth-order valence-electron chi connectivity index (χ4n) is 2.39. The summed E-state index contributed by atoms with van der Waals surface area (Å²) >= 11 is 3.56. The number of carbonyl (C=O) groups is 1. The minimum Gasteiger partial charge on any atom is -0.492 e. The van der Waals surface area contributed by atoms with Crippen molar-refractivity contribution >= 4 is 28.1 Å². The monoisotopic (exact) mass is 430 g/mol. The Labute approximate surface area is 170 Å². The van der Waals surface area contributed by atoms with E-state index in [1.165, 1.54) is 11.1 Å². The maximum absolute atomic E-state index is 11.8. The molecule has 0 aliphatic rings. The first-order chi connectivity index (χ1) is 12.8. The maximum atomic E-state index is 11.8. The third-order valence-corrected chi connectivity index (χ3v) is 4.70. The molecule has 0 aliphatic heterocycles. The molecule has 144 valence electrons. The molecular weight excluding hydrogens is 404 g/mol. The number of carbonyl (C=O) groups excluding carboxylic acids is 1. The lowest BCUT2D eigenvalue weighted by atomic mass is 9.87. The first-order valence-electron chi connectivity index (χ1n) is 9.07. The van der Waals surface area contributed by atoms with Gasteiger partial charge in [0, 0.05) is 6.42 Å². The lowest BCUT2D eigenvalue weighted by Crippen LogP contribution is -2.18. The summed E-state index contributed by atoms with van der Waals surface area (Å²) in [5.41, 5.74) is 6.03. The van der Waals surface area contributed by atoms with E-state index in [0.29, 0.717) is 19.4 Å². The number of ether oxygens (including phenoxy) is 1. The molecular formula is C22H27BrN2O2. The second-order valence-corrected chi connectivity index (χ2v) is 8.41. The van der Waals surface area contributed by atoms with Gasteiger partial charge in [-0.2, -0.15) is 5.10 Å². The van der Waals surface area contributed by atoms with Gasteiger partial charge in [0.15, 0.2) is 0 Å². The Bertz CT molecular complexity index is 793. The summed E-state index contributed by atoms with van der Waals surface area (Å²) < 4.78 is 6.71. The van der Waals surface area contributed by atoms with Gasteiger partial charge in [-0.25, -0.2) is 5.43 Å². The van der Waals surface area contributed by atoms with Crippen molar-refractivity contribution in [3.05, 3.63) is 63.6 Å². The smallest absolute Gasteiger partial charge is 0.240 e. The van der Waals surface area contributed by atoms with E-state index >= 15 is 0 Å². The summed E-state index contributed by atoms with van der Waals surface area (Å²) in [5.74, 6) is 0.671. The van der Waals surface area contributed by atoms with Crippen molar-refractivity contribution in [1.82, 2.24) is 5.43 Å². The summed E-state index contributed by atoms with van der Waals surface area (Å²) in [7, 11) is 0. The molecule has 0 radical (unpaired) electrons. The van der Waals surface area contributed by atoms with Crippen LogP contribution >= 0.6 is 15.9 Å². The van der Waals surface area contributed by atoms with E-state index in [1.54, 1.807) is 6.21 Å². The van der Waals surface area contributed by atoms with Crippen LogP contribution in [-0.4, -0.2) is 18.7 Å². The Hall–Kier alpha value is -2.14. The standard InChI is InChI=1S/C22H27BrN2O2/c1-16-7-9-17(10-8-16)15-24-25-21(26)6-5-13-27-20-12-11-18(14-19(20)23)22(2,3)4/h7-12,14-15H,5-6,13H2,1-4H3,(H,25,26)/b24-15+. The minimum atomic E-state index is -0.121. The van der Waals surface area contributed by atoms with E-state index in [2.05, 4.69) is 59.4 Å². The lowest BCUT2D eigenvalue weighted by molar-refractivity contribution is -0.121. The van der Waals surface area contributed by atoms with Gasteiger partial charge in [0.05, 0.1) is 17.3 Å². The highest BCUT2D eigenvalue weighted by Crippen LogP contribution is 2.31. The molecule has 0 aliphatic carbocycles. The number of hydrazone groups is 1. The molecule has 2 rings (SSSR count). The number of benzene rings is 2. The predicted molar refractivity (Wildman–Crippen MR) is 114 cm³/mol. The van der Waals surface area contributed by atoms with Crippen molar-refractivity contribution < 1.29 is 9.53 Å². The van der Waals surface area contributed by atoms with Crippen molar-refractivity contribution in [1.29, 1.82) is 0 Å². The number of halogens is 1. The fraction of sp³-hybridized carbons (Fsp3) is 0.364. The van der Waals surface area contributed by atoms with Gasteiger partial charge in [-0.3, -0.25) is 4.79 Å². The van der Waals surface area contributed by atoms with Crippen LogP contribution in [0.5, 0.6) is 5.75 Å². The molecule has 5 heteroatoms. The zero-order chi connectivity index (χ0) is 19.9. The Morgan fingerprint density at radius 3 is 2.52 bits per heavy atom. The number of rotatable bonds is 7. The van der Waals surface area contributed by atoms with Crippen LogP contribution in [0.15, 0.2) is 52.0 Å². The van der Waals surface area contributed by atoms with E-state index in [4.69, 9.17) is 4.74 Å². The number of aryl methyl sites for hydroxylation is 1. The molecule has 0 bridgehead atoms. The second-order valence-electron chi connectivity index (χ2n) is 7.55.